The monoisotopic (exact) mass is 503 g/mol. The fraction of sp³-hybridized carbons (Fsp3) is 0.452. The fourth-order valence-electron chi connectivity index (χ4n) is 5.32. The van der Waals surface area contributed by atoms with E-state index < -0.39 is 0 Å². The van der Waals surface area contributed by atoms with Crippen molar-refractivity contribution in [3.63, 3.8) is 0 Å². The summed E-state index contributed by atoms with van der Waals surface area (Å²) in [6.07, 6.45) is 2.66. The van der Waals surface area contributed by atoms with Gasteiger partial charge in [-0.05, 0) is 76.4 Å². The van der Waals surface area contributed by atoms with Gasteiger partial charge in [-0.3, -0.25) is 0 Å². The van der Waals surface area contributed by atoms with Crippen LogP contribution in [0.2, 0.25) is 0 Å². The van der Waals surface area contributed by atoms with Crippen molar-refractivity contribution in [3.05, 3.63) is 90.5 Å². The minimum atomic E-state index is -0.270. The summed E-state index contributed by atoms with van der Waals surface area (Å²) in [5, 5.41) is 0. The molecule has 2 aliphatic heterocycles. The van der Waals surface area contributed by atoms with Gasteiger partial charge < -0.3 is 24.2 Å². The van der Waals surface area contributed by atoms with Crippen LogP contribution in [0, 0.1) is 0 Å². The number of hydrogen-bond donors (Lipinski definition) is 0. The number of carbonyl (C=O) groups is 1. The predicted octanol–water partition coefficient (Wildman–Crippen LogP) is 6.17. The minimum absolute atomic E-state index is 0.183. The normalized spacial score (nSPS) is 17.3. The molecule has 2 fully saturated rings. The van der Waals surface area contributed by atoms with Crippen LogP contribution in [0.15, 0.2) is 79.3 Å². The SMILES string of the molecule is C=C(OC(C)(C)C)N1CCC2(CC1)C(=C)N(Cc1cccc(C(=O)OCCC)c1)CN2c1ccccc1. The Kier molecular flexibility index (Phi) is 7.86. The smallest absolute Gasteiger partial charge is 0.338 e. The fourth-order valence-corrected chi connectivity index (χ4v) is 5.32. The number of ether oxygens (including phenoxy) is 2. The summed E-state index contributed by atoms with van der Waals surface area (Å²) in [5.41, 5.74) is 3.53. The van der Waals surface area contributed by atoms with Gasteiger partial charge in [0.05, 0.1) is 24.4 Å². The molecule has 37 heavy (non-hydrogen) atoms. The molecule has 4 rings (SSSR count). The minimum Gasteiger partial charge on any atom is -0.474 e. The number of para-hydroxylation sites is 1. The van der Waals surface area contributed by atoms with Crippen molar-refractivity contribution >= 4 is 11.7 Å². The number of nitrogens with zero attached hydrogens (tertiary/aromatic N) is 3. The molecule has 6 heteroatoms. The topological polar surface area (TPSA) is 45.3 Å². The van der Waals surface area contributed by atoms with Crippen LogP contribution in [0.5, 0.6) is 0 Å². The summed E-state index contributed by atoms with van der Waals surface area (Å²) >= 11 is 0. The molecule has 2 aliphatic rings. The van der Waals surface area contributed by atoms with Crippen LogP contribution in [-0.4, -0.2) is 53.3 Å². The second-order valence-electron chi connectivity index (χ2n) is 11.0. The van der Waals surface area contributed by atoms with E-state index in [1.165, 1.54) is 5.69 Å². The van der Waals surface area contributed by atoms with Crippen molar-refractivity contribution in [2.45, 2.75) is 64.6 Å². The highest BCUT2D eigenvalue weighted by molar-refractivity contribution is 5.89. The van der Waals surface area contributed by atoms with E-state index in [0.717, 1.165) is 56.2 Å². The first-order chi connectivity index (χ1) is 17.6. The van der Waals surface area contributed by atoms with Crippen LogP contribution < -0.4 is 4.90 Å². The predicted molar refractivity (Wildman–Crippen MR) is 149 cm³/mol. The maximum Gasteiger partial charge on any atom is 0.338 e. The van der Waals surface area contributed by atoms with E-state index in [1.807, 2.05) is 25.1 Å². The largest absolute Gasteiger partial charge is 0.474 e. The van der Waals surface area contributed by atoms with Gasteiger partial charge in [0.1, 0.15) is 5.60 Å². The Hall–Kier alpha value is -3.41. The van der Waals surface area contributed by atoms with E-state index in [2.05, 4.69) is 85.0 Å². The Bertz CT molecular complexity index is 1110. The maximum atomic E-state index is 12.4. The van der Waals surface area contributed by atoms with Gasteiger partial charge >= 0.3 is 5.97 Å². The van der Waals surface area contributed by atoms with E-state index in [4.69, 9.17) is 9.47 Å². The van der Waals surface area contributed by atoms with Gasteiger partial charge in [0.25, 0.3) is 0 Å². The highest BCUT2D eigenvalue weighted by atomic mass is 16.5. The van der Waals surface area contributed by atoms with E-state index in [-0.39, 0.29) is 17.1 Å². The first-order valence-electron chi connectivity index (χ1n) is 13.3. The van der Waals surface area contributed by atoms with Gasteiger partial charge in [-0.1, -0.05) is 43.8 Å². The van der Waals surface area contributed by atoms with Gasteiger partial charge in [0.2, 0.25) is 0 Å². The van der Waals surface area contributed by atoms with Crippen molar-refractivity contribution in [1.29, 1.82) is 0 Å². The summed E-state index contributed by atoms with van der Waals surface area (Å²) < 4.78 is 11.4. The lowest BCUT2D eigenvalue weighted by Gasteiger charge is -2.46. The van der Waals surface area contributed by atoms with Gasteiger partial charge in [-0.15, -0.1) is 0 Å². The van der Waals surface area contributed by atoms with Gasteiger partial charge in [-0.25, -0.2) is 4.79 Å². The molecule has 2 heterocycles. The zero-order valence-corrected chi connectivity index (χ0v) is 22.8. The lowest BCUT2D eigenvalue weighted by atomic mass is 9.83. The quantitative estimate of drug-likeness (QED) is 0.317. The molecule has 0 atom stereocenters. The first-order valence-corrected chi connectivity index (χ1v) is 13.3. The number of likely N-dealkylation sites (tertiary alicyclic amines) is 1. The molecule has 0 unspecified atom stereocenters. The molecular formula is C31H41N3O3. The molecule has 2 aromatic carbocycles. The van der Waals surface area contributed by atoms with Crippen LogP contribution in [-0.2, 0) is 16.0 Å². The average Bonchev–Trinajstić information content (AvgIpc) is 3.13. The Balaban J connectivity index is 1.54. The van der Waals surface area contributed by atoms with Crippen LogP contribution in [0.25, 0.3) is 0 Å². The van der Waals surface area contributed by atoms with Crippen LogP contribution in [0.4, 0.5) is 5.69 Å². The molecule has 0 aromatic heterocycles. The third kappa shape index (κ3) is 5.95. The van der Waals surface area contributed by atoms with E-state index >= 15 is 0 Å². The molecule has 2 aromatic rings. The Morgan fingerprint density at radius 1 is 1.05 bits per heavy atom. The molecule has 198 valence electrons. The number of carbonyl (C=O) groups excluding carboxylic acids is 1. The summed E-state index contributed by atoms with van der Waals surface area (Å²) in [5.74, 6) is 0.470. The summed E-state index contributed by atoms with van der Waals surface area (Å²) in [4.78, 5) is 19.5. The second-order valence-corrected chi connectivity index (χ2v) is 11.0. The number of piperidine rings is 1. The summed E-state index contributed by atoms with van der Waals surface area (Å²) in [7, 11) is 0. The molecule has 0 aliphatic carbocycles. The molecular weight excluding hydrogens is 462 g/mol. The number of anilines is 1. The van der Waals surface area contributed by atoms with Gasteiger partial charge in [-0.2, -0.15) is 0 Å². The highest BCUT2D eigenvalue weighted by Gasteiger charge is 2.49. The van der Waals surface area contributed by atoms with Crippen molar-refractivity contribution in [2.24, 2.45) is 0 Å². The molecule has 0 saturated carbocycles. The second kappa shape index (κ2) is 10.9. The molecule has 0 radical (unpaired) electrons. The van der Waals surface area contributed by atoms with Crippen LogP contribution in [0.3, 0.4) is 0 Å². The number of esters is 1. The van der Waals surface area contributed by atoms with Crippen LogP contribution >= 0.6 is 0 Å². The molecule has 0 N–H and O–H groups in total. The lowest BCUT2D eigenvalue weighted by molar-refractivity contribution is -0.00565. The van der Waals surface area contributed by atoms with Crippen molar-refractivity contribution in [1.82, 2.24) is 9.80 Å². The molecule has 6 nitrogen and oxygen atoms in total. The third-order valence-corrected chi connectivity index (χ3v) is 7.16. The highest BCUT2D eigenvalue weighted by Crippen LogP contribution is 2.45. The Morgan fingerprint density at radius 2 is 1.76 bits per heavy atom. The van der Waals surface area contributed by atoms with E-state index in [1.54, 1.807) is 0 Å². The number of hydrogen-bond acceptors (Lipinski definition) is 6. The van der Waals surface area contributed by atoms with E-state index in [9.17, 15) is 4.79 Å². The molecule has 0 amide bonds. The van der Waals surface area contributed by atoms with Gasteiger partial charge in [0, 0.05) is 31.0 Å². The number of rotatable bonds is 8. The maximum absolute atomic E-state index is 12.4. The number of benzene rings is 2. The molecule has 0 bridgehead atoms. The van der Waals surface area contributed by atoms with Crippen molar-refractivity contribution < 1.29 is 14.3 Å². The van der Waals surface area contributed by atoms with Gasteiger partial charge in [0.15, 0.2) is 5.88 Å². The lowest BCUT2D eigenvalue weighted by Crippen LogP contribution is -2.53. The zero-order chi connectivity index (χ0) is 26.6. The average molecular weight is 504 g/mol. The third-order valence-electron chi connectivity index (χ3n) is 7.16. The standard InChI is InChI=1S/C31H41N3O3/c1-7-20-36-29(35)27-13-11-12-26(21-27)22-33-23-34(28-14-9-8-10-15-28)31(24(33)2)16-18-32(19-17-31)25(3)37-30(4,5)6/h8-15,21H,2-3,7,16-20,22-23H2,1,4-6H3. The molecule has 2 saturated heterocycles. The zero-order valence-electron chi connectivity index (χ0n) is 22.8. The first kappa shape index (κ1) is 26.6. The van der Waals surface area contributed by atoms with E-state index in [0.29, 0.717) is 18.7 Å². The van der Waals surface area contributed by atoms with Crippen molar-refractivity contribution in [2.75, 3.05) is 31.3 Å². The summed E-state index contributed by atoms with van der Waals surface area (Å²) in [6, 6.07) is 18.4. The summed E-state index contributed by atoms with van der Waals surface area (Å²) in [6.45, 7) is 20.6. The van der Waals surface area contributed by atoms with Crippen molar-refractivity contribution in [3.8, 4) is 0 Å². The van der Waals surface area contributed by atoms with Crippen LogP contribution in [0.1, 0.15) is 62.9 Å². The molecule has 1 spiro atoms. The Labute approximate surface area is 222 Å². The Morgan fingerprint density at radius 3 is 2.41 bits per heavy atom.